The monoisotopic (exact) mass is 429 g/mol. The number of benzene rings is 2. The Balaban J connectivity index is 1.08. The number of aliphatic imine (C=N–C) groups is 1. The number of hydrogen-bond donors (Lipinski definition) is 0. The van der Waals surface area contributed by atoms with Crippen molar-refractivity contribution in [2.45, 2.75) is 58.4 Å². The molecule has 0 unspecified atom stereocenters. The van der Waals surface area contributed by atoms with Gasteiger partial charge in [0.15, 0.2) is 0 Å². The highest BCUT2D eigenvalue weighted by Crippen LogP contribution is 2.32. The predicted octanol–water partition coefficient (Wildman–Crippen LogP) is 5.27. The van der Waals surface area contributed by atoms with Crippen LogP contribution in [-0.4, -0.2) is 48.6 Å². The van der Waals surface area contributed by atoms with Crippen molar-refractivity contribution in [3.63, 3.8) is 0 Å². The second-order valence-corrected chi connectivity index (χ2v) is 10.1. The fourth-order valence-electron chi connectivity index (χ4n) is 5.84. The van der Waals surface area contributed by atoms with Crippen molar-refractivity contribution in [1.29, 1.82) is 0 Å². The molecule has 168 valence electrons. The van der Waals surface area contributed by atoms with E-state index in [1.54, 1.807) is 0 Å². The van der Waals surface area contributed by atoms with E-state index in [9.17, 15) is 4.79 Å². The lowest BCUT2D eigenvalue weighted by Gasteiger charge is -2.38. The van der Waals surface area contributed by atoms with Crippen LogP contribution in [0.4, 0.5) is 11.4 Å². The van der Waals surface area contributed by atoms with Crippen LogP contribution >= 0.6 is 0 Å². The summed E-state index contributed by atoms with van der Waals surface area (Å²) >= 11 is 0. The molecule has 0 spiro atoms. The quantitative estimate of drug-likeness (QED) is 0.627. The highest BCUT2D eigenvalue weighted by molar-refractivity contribution is 6.06. The number of piperidine rings is 1. The molecule has 4 heteroatoms. The van der Waals surface area contributed by atoms with Crippen LogP contribution in [0.1, 0.15) is 48.8 Å². The molecule has 0 radical (unpaired) electrons. The average Bonchev–Trinajstić information content (AvgIpc) is 3.41. The average molecular weight is 430 g/mol. The molecule has 0 aliphatic carbocycles. The lowest BCUT2D eigenvalue weighted by molar-refractivity contribution is -0.118. The van der Waals surface area contributed by atoms with Crippen LogP contribution in [0.25, 0.3) is 0 Å². The normalized spacial score (nSPS) is 21.6. The number of Topliss-reactive ketones (excluding diaryl/α,β-unsaturated/α-hetero) is 1. The molecule has 2 aromatic carbocycles. The minimum Gasteiger partial charge on any atom is -0.371 e. The third-order valence-corrected chi connectivity index (χ3v) is 7.57. The molecule has 0 aromatic heterocycles. The van der Waals surface area contributed by atoms with Gasteiger partial charge in [-0.3, -0.25) is 14.7 Å². The second kappa shape index (κ2) is 9.19. The van der Waals surface area contributed by atoms with Crippen molar-refractivity contribution in [1.82, 2.24) is 4.90 Å². The third kappa shape index (κ3) is 4.66. The van der Waals surface area contributed by atoms with Gasteiger partial charge in [0.1, 0.15) is 5.78 Å². The number of fused-ring (bicyclic) bond motifs is 1. The molecule has 5 rings (SSSR count). The van der Waals surface area contributed by atoms with Gasteiger partial charge in [0, 0.05) is 56.3 Å². The van der Waals surface area contributed by atoms with Crippen molar-refractivity contribution in [3.05, 3.63) is 59.2 Å². The standard InChI is InChI=1S/C28H35N3O/c1-20-5-3-8-26(15-20)30-13-10-25(11-14-30)31-12-9-22(19-31)16-27(32)18-24-17-23-7-4-6-21(2)28(23)29-24/h3-8,15,22,25H,9-14,16-19H2,1-2H3/t22-/m0/s1. The third-order valence-electron chi connectivity index (χ3n) is 7.57. The molecule has 2 saturated heterocycles. The molecule has 3 aliphatic rings. The van der Waals surface area contributed by atoms with Crippen LogP contribution in [-0.2, 0) is 11.2 Å². The van der Waals surface area contributed by atoms with Crippen molar-refractivity contribution in [2.75, 3.05) is 31.1 Å². The first kappa shape index (κ1) is 21.4. The lowest BCUT2D eigenvalue weighted by atomic mass is 9.97. The first-order valence-corrected chi connectivity index (χ1v) is 12.3. The van der Waals surface area contributed by atoms with Crippen LogP contribution in [0.3, 0.4) is 0 Å². The van der Waals surface area contributed by atoms with Gasteiger partial charge in [-0.25, -0.2) is 0 Å². The number of ketones is 1. The summed E-state index contributed by atoms with van der Waals surface area (Å²) in [6.45, 7) is 8.78. The number of nitrogens with zero attached hydrogens (tertiary/aromatic N) is 3. The van der Waals surface area contributed by atoms with Gasteiger partial charge in [0.25, 0.3) is 0 Å². The summed E-state index contributed by atoms with van der Waals surface area (Å²) in [4.78, 5) is 22.8. The van der Waals surface area contributed by atoms with E-state index in [0.29, 0.717) is 30.6 Å². The van der Waals surface area contributed by atoms with E-state index in [-0.39, 0.29) is 0 Å². The molecule has 0 saturated carbocycles. The number of aryl methyl sites for hydroxylation is 2. The van der Waals surface area contributed by atoms with Gasteiger partial charge in [-0.1, -0.05) is 30.3 Å². The highest BCUT2D eigenvalue weighted by atomic mass is 16.1. The van der Waals surface area contributed by atoms with Gasteiger partial charge >= 0.3 is 0 Å². The molecule has 3 aliphatic heterocycles. The van der Waals surface area contributed by atoms with E-state index < -0.39 is 0 Å². The SMILES string of the molecule is Cc1cccc(N2CCC(N3CC[C@@H](CC(=O)CC4=Nc5c(C)cccc5C4)C3)CC2)c1. The number of anilines is 1. The maximum absolute atomic E-state index is 12.8. The Bertz CT molecular complexity index is 1020. The Hall–Kier alpha value is -2.46. The Morgan fingerprint density at radius 3 is 2.62 bits per heavy atom. The minimum absolute atomic E-state index is 0.371. The second-order valence-electron chi connectivity index (χ2n) is 10.1. The molecule has 4 nitrogen and oxygen atoms in total. The van der Waals surface area contributed by atoms with Gasteiger partial charge in [-0.15, -0.1) is 0 Å². The molecule has 3 heterocycles. The summed E-state index contributed by atoms with van der Waals surface area (Å²) in [6.07, 6.45) is 5.70. The molecule has 2 aromatic rings. The van der Waals surface area contributed by atoms with E-state index in [1.165, 1.54) is 35.2 Å². The van der Waals surface area contributed by atoms with Crippen LogP contribution in [0, 0.1) is 19.8 Å². The fourth-order valence-corrected chi connectivity index (χ4v) is 5.84. The number of likely N-dealkylation sites (tertiary alicyclic amines) is 1. The van der Waals surface area contributed by atoms with Crippen molar-refractivity contribution in [2.24, 2.45) is 10.9 Å². The van der Waals surface area contributed by atoms with Gasteiger partial charge in [-0.2, -0.15) is 0 Å². The van der Waals surface area contributed by atoms with E-state index >= 15 is 0 Å². The molecular weight excluding hydrogens is 394 g/mol. The Morgan fingerprint density at radius 1 is 1.03 bits per heavy atom. The van der Waals surface area contributed by atoms with Crippen LogP contribution in [0.2, 0.25) is 0 Å². The Labute approximate surface area is 192 Å². The number of rotatable bonds is 6. The highest BCUT2D eigenvalue weighted by Gasteiger charge is 2.32. The molecule has 1 atom stereocenters. The number of carbonyl (C=O) groups is 1. The Morgan fingerprint density at radius 2 is 1.84 bits per heavy atom. The molecule has 0 bridgehead atoms. The van der Waals surface area contributed by atoms with E-state index in [2.05, 4.69) is 66.1 Å². The number of hydrogen-bond acceptors (Lipinski definition) is 4. The van der Waals surface area contributed by atoms with Crippen LogP contribution < -0.4 is 4.90 Å². The summed E-state index contributed by atoms with van der Waals surface area (Å²) in [7, 11) is 0. The molecular formula is C28H35N3O. The van der Waals surface area contributed by atoms with E-state index in [4.69, 9.17) is 4.99 Å². The molecule has 2 fully saturated rings. The summed E-state index contributed by atoms with van der Waals surface area (Å²) in [5.41, 5.74) is 7.33. The smallest absolute Gasteiger partial charge is 0.138 e. The largest absolute Gasteiger partial charge is 0.371 e. The van der Waals surface area contributed by atoms with Crippen molar-refractivity contribution >= 4 is 22.9 Å². The zero-order chi connectivity index (χ0) is 22.1. The molecule has 0 amide bonds. The van der Waals surface area contributed by atoms with Crippen LogP contribution in [0.15, 0.2) is 47.5 Å². The number of para-hydroxylation sites is 1. The molecule has 32 heavy (non-hydrogen) atoms. The first-order valence-electron chi connectivity index (χ1n) is 12.3. The number of carbonyl (C=O) groups excluding carboxylic acids is 1. The molecule has 0 N–H and O–H groups in total. The zero-order valence-electron chi connectivity index (χ0n) is 19.5. The fraction of sp³-hybridized carbons (Fsp3) is 0.500. The predicted molar refractivity (Wildman–Crippen MR) is 132 cm³/mol. The van der Waals surface area contributed by atoms with E-state index in [0.717, 1.165) is 50.4 Å². The lowest BCUT2D eigenvalue weighted by Crippen LogP contribution is -2.44. The minimum atomic E-state index is 0.371. The summed E-state index contributed by atoms with van der Waals surface area (Å²) in [5.74, 6) is 0.888. The van der Waals surface area contributed by atoms with Crippen molar-refractivity contribution < 1.29 is 4.79 Å². The van der Waals surface area contributed by atoms with E-state index in [1.807, 2.05) is 0 Å². The summed E-state index contributed by atoms with van der Waals surface area (Å²) < 4.78 is 0. The van der Waals surface area contributed by atoms with Gasteiger partial charge < -0.3 is 4.90 Å². The summed E-state index contributed by atoms with van der Waals surface area (Å²) in [6, 6.07) is 15.9. The maximum Gasteiger partial charge on any atom is 0.138 e. The van der Waals surface area contributed by atoms with Gasteiger partial charge in [-0.05, 0) is 74.4 Å². The summed E-state index contributed by atoms with van der Waals surface area (Å²) in [5, 5.41) is 0. The van der Waals surface area contributed by atoms with Gasteiger partial charge in [0.05, 0.1) is 5.69 Å². The topological polar surface area (TPSA) is 35.9 Å². The Kier molecular flexibility index (Phi) is 6.14. The first-order chi connectivity index (χ1) is 15.5. The zero-order valence-corrected chi connectivity index (χ0v) is 19.5. The van der Waals surface area contributed by atoms with Crippen molar-refractivity contribution in [3.8, 4) is 0 Å². The van der Waals surface area contributed by atoms with Gasteiger partial charge in [0.2, 0.25) is 0 Å². The maximum atomic E-state index is 12.8. The van der Waals surface area contributed by atoms with Crippen LogP contribution in [0.5, 0.6) is 0 Å².